The van der Waals surface area contributed by atoms with Crippen molar-refractivity contribution in [1.29, 1.82) is 0 Å². The van der Waals surface area contributed by atoms with Gasteiger partial charge in [-0.2, -0.15) is 0 Å². The molecule has 0 aliphatic heterocycles. The van der Waals surface area contributed by atoms with Crippen LogP contribution in [-0.2, 0) is 7.05 Å². The van der Waals surface area contributed by atoms with E-state index in [1.807, 2.05) is 38.2 Å². The molecule has 1 atom stereocenters. The molecule has 0 saturated carbocycles. The standard InChI is InChI=1S/C12H15BrN4O/c1-3-18-9-6-4-8(5-7-9)10(14)11-12(13)15-16-17(11)2/h4-7,10H,3,14H2,1-2H3. The molecule has 96 valence electrons. The van der Waals surface area contributed by atoms with E-state index in [9.17, 15) is 0 Å². The molecule has 5 nitrogen and oxygen atoms in total. The highest BCUT2D eigenvalue weighted by Crippen LogP contribution is 2.25. The Kier molecular flexibility index (Phi) is 3.98. The summed E-state index contributed by atoms with van der Waals surface area (Å²) >= 11 is 3.36. The summed E-state index contributed by atoms with van der Waals surface area (Å²) in [5.41, 5.74) is 8.05. The van der Waals surface area contributed by atoms with E-state index >= 15 is 0 Å². The number of halogens is 1. The van der Waals surface area contributed by atoms with Crippen molar-refractivity contribution in [3.63, 3.8) is 0 Å². The molecule has 0 amide bonds. The molecule has 6 heteroatoms. The molecule has 0 aliphatic rings. The molecule has 1 aromatic carbocycles. The van der Waals surface area contributed by atoms with Gasteiger partial charge in [-0.3, -0.25) is 0 Å². The van der Waals surface area contributed by atoms with Crippen LogP contribution in [0.1, 0.15) is 24.2 Å². The van der Waals surface area contributed by atoms with E-state index < -0.39 is 0 Å². The summed E-state index contributed by atoms with van der Waals surface area (Å²) in [7, 11) is 1.82. The lowest BCUT2D eigenvalue weighted by atomic mass is 10.1. The molecule has 1 heterocycles. The van der Waals surface area contributed by atoms with Gasteiger partial charge in [-0.25, -0.2) is 4.68 Å². The third-order valence-corrected chi connectivity index (χ3v) is 3.24. The van der Waals surface area contributed by atoms with Gasteiger partial charge in [0.05, 0.1) is 18.3 Å². The third kappa shape index (κ3) is 2.54. The van der Waals surface area contributed by atoms with Gasteiger partial charge in [0.1, 0.15) is 5.75 Å². The third-order valence-electron chi connectivity index (χ3n) is 2.67. The van der Waals surface area contributed by atoms with Crippen molar-refractivity contribution in [2.24, 2.45) is 12.8 Å². The zero-order valence-electron chi connectivity index (χ0n) is 10.3. The van der Waals surface area contributed by atoms with E-state index in [2.05, 4.69) is 26.2 Å². The molecular formula is C12H15BrN4O. The Morgan fingerprint density at radius 1 is 1.39 bits per heavy atom. The molecule has 2 rings (SSSR count). The molecule has 2 N–H and O–H groups in total. The van der Waals surface area contributed by atoms with E-state index in [-0.39, 0.29) is 6.04 Å². The molecule has 0 aliphatic carbocycles. The topological polar surface area (TPSA) is 66.0 Å². The van der Waals surface area contributed by atoms with Crippen LogP contribution >= 0.6 is 15.9 Å². The van der Waals surface area contributed by atoms with Crippen LogP contribution in [0.25, 0.3) is 0 Å². The minimum Gasteiger partial charge on any atom is -0.494 e. The molecule has 2 aromatic rings. The van der Waals surface area contributed by atoms with E-state index in [0.717, 1.165) is 17.0 Å². The fourth-order valence-corrected chi connectivity index (χ4v) is 2.34. The van der Waals surface area contributed by atoms with E-state index in [1.165, 1.54) is 0 Å². The van der Waals surface area contributed by atoms with Crippen LogP contribution in [0.3, 0.4) is 0 Å². The van der Waals surface area contributed by atoms with Crippen molar-refractivity contribution < 1.29 is 4.74 Å². The predicted octanol–water partition coefficient (Wildman–Crippen LogP) is 2.02. The van der Waals surface area contributed by atoms with Crippen LogP contribution in [0, 0.1) is 0 Å². The highest BCUT2D eigenvalue weighted by atomic mass is 79.9. The molecule has 0 bridgehead atoms. The number of ether oxygens (including phenoxy) is 1. The number of benzene rings is 1. The second-order valence-electron chi connectivity index (χ2n) is 3.87. The van der Waals surface area contributed by atoms with Crippen molar-refractivity contribution in [3.05, 3.63) is 40.1 Å². The maximum Gasteiger partial charge on any atom is 0.153 e. The normalized spacial score (nSPS) is 12.4. The number of aromatic nitrogens is 3. The number of hydrogen-bond donors (Lipinski definition) is 1. The van der Waals surface area contributed by atoms with Crippen LogP contribution < -0.4 is 10.5 Å². The molecular weight excluding hydrogens is 296 g/mol. The lowest BCUT2D eigenvalue weighted by molar-refractivity contribution is 0.340. The number of hydrogen-bond acceptors (Lipinski definition) is 4. The maximum atomic E-state index is 6.21. The second-order valence-corrected chi connectivity index (χ2v) is 4.62. The van der Waals surface area contributed by atoms with Crippen molar-refractivity contribution in [3.8, 4) is 5.75 Å². The average molecular weight is 311 g/mol. The number of aryl methyl sites for hydroxylation is 1. The molecule has 0 radical (unpaired) electrons. The summed E-state index contributed by atoms with van der Waals surface area (Å²) in [6.45, 7) is 2.61. The number of nitrogens with two attached hydrogens (primary N) is 1. The SMILES string of the molecule is CCOc1ccc(C(N)c2c(Br)nnn2C)cc1. The minimum absolute atomic E-state index is 0.268. The molecule has 0 fully saturated rings. The van der Waals surface area contributed by atoms with Crippen molar-refractivity contribution >= 4 is 15.9 Å². The van der Waals surface area contributed by atoms with Crippen molar-refractivity contribution in [1.82, 2.24) is 15.0 Å². The molecule has 0 spiro atoms. The average Bonchev–Trinajstić information content (AvgIpc) is 2.70. The van der Waals surface area contributed by atoms with Gasteiger partial charge >= 0.3 is 0 Å². The van der Waals surface area contributed by atoms with Gasteiger partial charge < -0.3 is 10.5 Å². The van der Waals surface area contributed by atoms with Gasteiger partial charge in [-0.15, -0.1) is 5.10 Å². The summed E-state index contributed by atoms with van der Waals surface area (Å²) < 4.78 is 7.74. The van der Waals surface area contributed by atoms with Crippen LogP contribution in [-0.4, -0.2) is 21.6 Å². The van der Waals surface area contributed by atoms with E-state index in [0.29, 0.717) is 11.2 Å². The summed E-state index contributed by atoms with van der Waals surface area (Å²) in [6.07, 6.45) is 0. The van der Waals surface area contributed by atoms with Crippen molar-refractivity contribution in [2.75, 3.05) is 6.61 Å². The number of rotatable bonds is 4. The number of nitrogens with zero attached hydrogens (tertiary/aromatic N) is 3. The molecule has 0 saturated heterocycles. The van der Waals surface area contributed by atoms with Crippen molar-refractivity contribution in [2.45, 2.75) is 13.0 Å². The highest BCUT2D eigenvalue weighted by Gasteiger charge is 2.17. The van der Waals surface area contributed by atoms with Crippen LogP contribution in [0.4, 0.5) is 0 Å². The van der Waals surface area contributed by atoms with Gasteiger partial charge in [0.15, 0.2) is 4.60 Å². The minimum atomic E-state index is -0.268. The second kappa shape index (κ2) is 5.49. The zero-order chi connectivity index (χ0) is 13.1. The molecule has 18 heavy (non-hydrogen) atoms. The Labute approximate surface area is 114 Å². The zero-order valence-corrected chi connectivity index (χ0v) is 11.9. The predicted molar refractivity (Wildman–Crippen MR) is 72.3 cm³/mol. The maximum absolute atomic E-state index is 6.21. The Morgan fingerprint density at radius 3 is 2.56 bits per heavy atom. The van der Waals surface area contributed by atoms with Crippen LogP contribution in [0.2, 0.25) is 0 Å². The quantitative estimate of drug-likeness (QED) is 0.938. The Morgan fingerprint density at radius 2 is 2.06 bits per heavy atom. The first-order valence-corrected chi connectivity index (χ1v) is 6.46. The molecule has 1 unspecified atom stereocenters. The Balaban J connectivity index is 2.26. The largest absolute Gasteiger partial charge is 0.494 e. The van der Waals surface area contributed by atoms with Gasteiger partial charge in [0.2, 0.25) is 0 Å². The lowest BCUT2D eigenvalue weighted by Gasteiger charge is -2.13. The Bertz CT molecular complexity index is 504. The smallest absolute Gasteiger partial charge is 0.153 e. The fraction of sp³-hybridized carbons (Fsp3) is 0.333. The van der Waals surface area contributed by atoms with Gasteiger partial charge in [-0.05, 0) is 40.5 Å². The molecule has 1 aromatic heterocycles. The summed E-state index contributed by atoms with van der Waals surface area (Å²) in [5, 5.41) is 7.86. The first-order valence-electron chi connectivity index (χ1n) is 5.67. The van der Waals surface area contributed by atoms with Gasteiger partial charge in [0.25, 0.3) is 0 Å². The fourth-order valence-electron chi connectivity index (χ4n) is 1.76. The van der Waals surface area contributed by atoms with Gasteiger partial charge in [-0.1, -0.05) is 17.3 Å². The van der Waals surface area contributed by atoms with Crippen LogP contribution in [0.15, 0.2) is 28.9 Å². The first-order chi connectivity index (χ1) is 8.63. The summed E-state index contributed by atoms with van der Waals surface area (Å²) in [5.74, 6) is 0.843. The van der Waals surface area contributed by atoms with E-state index in [4.69, 9.17) is 10.5 Å². The van der Waals surface area contributed by atoms with Gasteiger partial charge in [0, 0.05) is 7.05 Å². The summed E-state index contributed by atoms with van der Waals surface area (Å²) in [6, 6.07) is 7.46. The summed E-state index contributed by atoms with van der Waals surface area (Å²) in [4.78, 5) is 0. The first kappa shape index (κ1) is 13.0. The Hall–Kier alpha value is -1.40. The monoisotopic (exact) mass is 310 g/mol. The highest BCUT2D eigenvalue weighted by molar-refractivity contribution is 9.10. The lowest BCUT2D eigenvalue weighted by Crippen LogP contribution is -2.16. The van der Waals surface area contributed by atoms with Crippen LogP contribution in [0.5, 0.6) is 5.75 Å². The van der Waals surface area contributed by atoms with E-state index in [1.54, 1.807) is 4.68 Å².